The van der Waals surface area contributed by atoms with Crippen LogP contribution in [0.3, 0.4) is 0 Å². The Morgan fingerprint density at radius 2 is 1.73 bits per heavy atom. The fraction of sp³-hybridized carbons (Fsp3) is 0. The molecule has 3 aromatic rings. The maximum Gasteiger partial charge on any atom is 0.256 e. The largest absolute Gasteiger partial charge is 0.506 e. The summed E-state index contributed by atoms with van der Waals surface area (Å²) in [5.41, 5.74) is 1.91. The highest BCUT2D eigenvalue weighted by Crippen LogP contribution is 2.39. The number of hydrogen-bond donors (Lipinski definition) is 3. The Kier molecular flexibility index (Phi) is 4.10. The van der Waals surface area contributed by atoms with E-state index < -0.39 is 0 Å². The summed E-state index contributed by atoms with van der Waals surface area (Å²) in [6.45, 7) is 0. The number of hydrogen-bond acceptors (Lipinski definition) is 4. The summed E-state index contributed by atoms with van der Waals surface area (Å²) in [6, 6.07) is 19.0. The van der Waals surface area contributed by atoms with Gasteiger partial charge in [-0.25, -0.2) is 0 Å². The first-order valence-electron chi connectivity index (χ1n) is 7.93. The van der Waals surface area contributed by atoms with E-state index in [1.165, 1.54) is 17.8 Å². The van der Waals surface area contributed by atoms with Gasteiger partial charge in [0.1, 0.15) is 5.75 Å². The molecule has 0 fully saturated rings. The van der Waals surface area contributed by atoms with E-state index in [0.29, 0.717) is 22.5 Å². The Labute approximate surface area is 154 Å². The van der Waals surface area contributed by atoms with Crippen LogP contribution < -0.4 is 10.6 Å². The van der Waals surface area contributed by atoms with Crippen LogP contribution in [0.5, 0.6) is 5.75 Å². The van der Waals surface area contributed by atoms with Crippen LogP contribution >= 0.6 is 11.8 Å². The zero-order valence-electron chi connectivity index (χ0n) is 13.5. The second kappa shape index (κ2) is 6.57. The summed E-state index contributed by atoms with van der Waals surface area (Å²) in [5.74, 6) is -0.574. The third-order valence-electron chi connectivity index (χ3n) is 3.99. The van der Waals surface area contributed by atoms with Gasteiger partial charge < -0.3 is 15.7 Å². The van der Waals surface area contributed by atoms with Crippen molar-refractivity contribution >= 4 is 35.0 Å². The number of carbonyl (C=O) groups is 2. The van der Waals surface area contributed by atoms with Crippen LogP contribution in [-0.2, 0) is 0 Å². The van der Waals surface area contributed by atoms with E-state index in [9.17, 15) is 14.7 Å². The Hall–Kier alpha value is -3.25. The predicted molar refractivity (Wildman–Crippen MR) is 101 cm³/mol. The molecule has 0 spiro atoms. The lowest BCUT2D eigenvalue weighted by atomic mass is 10.1. The Bertz CT molecular complexity index is 1030. The van der Waals surface area contributed by atoms with Crippen LogP contribution in [0, 0.1) is 0 Å². The van der Waals surface area contributed by atoms with Gasteiger partial charge >= 0.3 is 0 Å². The summed E-state index contributed by atoms with van der Waals surface area (Å²) in [7, 11) is 0. The van der Waals surface area contributed by atoms with Gasteiger partial charge in [-0.15, -0.1) is 0 Å². The molecule has 0 saturated carbocycles. The van der Waals surface area contributed by atoms with Crippen molar-refractivity contribution in [3.05, 3.63) is 77.9 Å². The number of amides is 2. The van der Waals surface area contributed by atoms with Crippen molar-refractivity contribution in [3.8, 4) is 5.75 Å². The van der Waals surface area contributed by atoms with E-state index in [1.807, 2.05) is 24.3 Å². The average Bonchev–Trinajstić information content (AvgIpc) is 2.79. The summed E-state index contributed by atoms with van der Waals surface area (Å²) < 4.78 is 0. The summed E-state index contributed by atoms with van der Waals surface area (Å²) >= 11 is 1.48. The minimum absolute atomic E-state index is 0.00471. The Balaban J connectivity index is 1.64. The molecule has 0 aromatic heterocycles. The van der Waals surface area contributed by atoms with Crippen molar-refractivity contribution in [1.82, 2.24) is 0 Å². The van der Waals surface area contributed by atoms with Crippen LogP contribution in [0.15, 0.2) is 76.5 Å². The van der Waals surface area contributed by atoms with Crippen molar-refractivity contribution in [2.75, 3.05) is 10.6 Å². The smallest absolute Gasteiger partial charge is 0.256 e. The summed E-state index contributed by atoms with van der Waals surface area (Å²) in [5, 5.41) is 15.3. The first-order chi connectivity index (χ1) is 12.6. The van der Waals surface area contributed by atoms with Crippen molar-refractivity contribution in [2.45, 2.75) is 9.79 Å². The molecule has 0 atom stereocenters. The van der Waals surface area contributed by atoms with E-state index in [-0.39, 0.29) is 17.6 Å². The lowest BCUT2D eigenvalue weighted by Gasteiger charge is -2.10. The monoisotopic (exact) mass is 362 g/mol. The fourth-order valence-electron chi connectivity index (χ4n) is 2.68. The molecule has 1 aliphatic heterocycles. The standard InChI is InChI=1S/C20H14N2O3S/c23-16-7-3-2-6-14(16)21-19(24)12-9-10-18-15(11-12)22-20(25)13-5-1-4-8-17(13)26-18/h1-11,23H,(H,21,24)(H,22,25). The number of benzene rings is 3. The number of phenols is 1. The zero-order valence-corrected chi connectivity index (χ0v) is 14.3. The van der Waals surface area contributed by atoms with Gasteiger partial charge in [-0.05, 0) is 42.5 Å². The maximum atomic E-state index is 12.5. The minimum atomic E-state index is -0.365. The molecule has 0 unspecified atom stereocenters. The second-order valence-corrected chi connectivity index (χ2v) is 6.82. The summed E-state index contributed by atoms with van der Waals surface area (Å²) in [4.78, 5) is 26.7. The van der Waals surface area contributed by atoms with E-state index in [1.54, 1.807) is 36.4 Å². The number of fused-ring (bicyclic) bond motifs is 2. The van der Waals surface area contributed by atoms with Crippen LogP contribution in [0.25, 0.3) is 0 Å². The van der Waals surface area contributed by atoms with Crippen molar-refractivity contribution in [1.29, 1.82) is 0 Å². The lowest BCUT2D eigenvalue weighted by Crippen LogP contribution is -2.14. The first kappa shape index (κ1) is 16.2. The molecule has 2 amide bonds. The lowest BCUT2D eigenvalue weighted by molar-refractivity contribution is 0.101. The number of para-hydroxylation sites is 2. The van der Waals surface area contributed by atoms with E-state index in [4.69, 9.17) is 0 Å². The van der Waals surface area contributed by atoms with Gasteiger partial charge in [-0.2, -0.15) is 0 Å². The average molecular weight is 362 g/mol. The molecule has 1 aliphatic rings. The third kappa shape index (κ3) is 3.02. The Morgan fingerprint density at radius 1 is 0.962 bits per heavy atom. The van der Waals surface area contributed by atoms with Crippen LogP contribution in [0.2, 0.25) is 0 Å². The van der Waals surface area contributed by atoms with Gasteiger partial charge in [0.2, 0.25) is 0 Å². The molecule has 0 bridgehead atoms. The van der Waals surface area contributed by atoms with Crippen molar-refractivity contribution < 1.29 is 14.7 Å². The van der Waals surface area contributed by atoms with E-state index in [0.717, 1.165) is 9.79 Å². The molecule has 26 heavy (non-hydrogen) atoms. The molecule has 6 heteroatoms. The molecule has 5 nitrogen and oxygen atoms in total. The number of aromatic hydroxyl groups is 1. The van der Waals surface area contributed by atoms with E-state index in [2.05, 4.69) is 10.6 Å². The van der Waals surface area contributed by atoms with Crippen molar-refractivity contribution in [3.63, 3.8) is 0 Å². The molecule has 0 radical (unpaired) electrons. The molecular formula is C20H14N2O3S. The van der Waals surface area contributed by atoms with Gasteiger partial charge in [-0.3, -0.25) is 9.59 Å². The summed E-state index contributed by atoms with van der Waals surface area (Å²) in [6.07, 6.45) is 0. The molecule has 3 aromatic carbocycles. The molecule has 3 N–H and O–H groups in total. The molecule has 128 valence electrons. The van der Waals surface area contributed by atoms with Gasteiger partial charge in [0.05, 0.1) is 16.9 Å². The minimum Gasteiger partial charge on any atom is -0.506 e. The normalized spacial score (nSPS) is 12.4. The molecule has 4 rings (SSSR count). The third-order valence-corrected chi connectivity index (χ3v) is 5.15. The topological polar surface area (TPSA) is 78.4 Å². The van der Waals surface area contributed by atoms with Crippen LogP contribution in [0.4, 0.5) is 11.4 Å². The van der Waals surface area contributed by atoms with Gasteiger partial charge in [0, 0.05) is 15.4 Å². The SMILES string of the molecule is O=C(Nc1ccccc1O)c1ccc2c(c1)NC(=O)c1ccccc1S2. The maximum absolute atomic E-state index is 12.5. The highest BCUT2D eigenvalue weighted by molar-refractivity contribution is 7.99. The first-order valence-corrected chi connectivity index (χ1v) is 8.75. The Morgan fingerprint density at radius 3 is 2.58 bits per heavy atom. The van der Waals surface area contributed by atoms with Crippen molar-refractivity contribution in [2.24, 2.45) is 0 Å². The number of anilines is 2. The molecule has 0 aliphatic carbocycles. The van der Waals surface area contributed by atoms with E-state index >= 15 is 0 Å². The number of rotatable bonds is 2. The van der Waals surface area contributed by atoms with Crippen LogP contribution in [-0.4, -0.2) is 16.9 Å². The van der Waals surface area contributed by atoms with Crippen LogP contribution in [0.1, 0.15) is 20.7 Å². The fourth-order valence-corrected chi connectivity index (χ4v) is 3.69. The quantitative estimate of drug-likeness (QED) is 0.592. The second-order valence-electron chi connectivity index (χ2n) is 5.73. The van der Waals surface area contributed by atoms with Gasteiger partial charge in [0.15, 0.2) is 0 Å². The predicted octanol–water partition coefficient (Wildman–Crippen LogP) is 4.36. The number of carbonyl (C=O) groups excluding carboxylic acids is 2. The number of phenolic OH excluding ortho intramolecular Hbond substituents is 1. The zero-order chi connectivity index (χ0) is 18.1. The van der Waals surface area contributed by atoms with Gasteiger partial charge in [0.25, 0.3) is 11.8 Å². The number of nitrogens with one attached hydrogen (secondary N) is 2. The highest BCUT2D eigenvalue weighted by atomic mass is 32.2. The molecule has 0 saturated heterocycles. The molecule has 1 heterocycles. The van der Waals surface area contributed by atoms with Gasteiger partial charge in [-0.1, -0.05) is 36.0 Å². The highest BCUT2D eigenvalue weighted by Gasteiger charge is 2.20. The molecular weight excluding hydrogens is 348 g/mol.